The molecule has 0 atom stereocenters. The Labute approximate surface area is 183 Å². The Bertz CT molecular complexity index is 1090. The number of hydrogen-bond acceptors (Lipinski definition) is 4. The van der Waals surface area contributed by atoms with Crippen molar-refractivity contribution < 1.29 is 25.9 Å². The zero-order chi connectivity index (χ0) is 20.3. The molecule has 27 heavy (non-hydrogen) atoms. The van der Waals surface area contributed by atoms with E-state index in [1.54, 1.807) is 39.0 Å². The second kappa shape index (κ2) is 7.40. The SMILES string of the molecule is CC(C)(C)c1c(S(=O)(=O)O)c(S(=O)(=O)O)c2ccccc2c1C(C)(C)C.[NaH]. The van der Waals surface area contributed by atoms with Crippen molar-refractivity contribution in [3.05, 3.63) is 35.4 Å². The van der Waals surface area contributed by atoms with Crippen molar-refractivity contribution in [1.29, 1.82) is 0 Å². The second-order valence-electron chi connectivity index (χ2n) is 8.40. The molecule has 2 N–H and O–H groups in total. The fourth-order valence-electron chi connectivity index (χ4n) is 3.38. The summed E-state index contributed by atoms with van der Waals surface area (Å²) in [5.74, 6) is 0. The predicted octanol–water partition coefficient (Wildman–Crippen LogP) is 3.28. The van der Waals surface area contributed by atoms with Crippen LogP contribution in [0.25, 0.3) is 10.8 Å². The minimum atomic E-state index is -4.94. The van der Waals surface area contributed by atoms with Crippen LogP contribution in [0.1, 0.15) is 52.7 Å². The molecular formula is C18H25NaO6S2. The van der Waals surface area contributed by atoms with Gasteiger partial charge in [0.25, 0.3) is 20.2 Å². The van der Waals surface area contributed by atoms with E-state index >= 15 is 0 Å². The van der Waals surface area contributed by atoms with Crippen molar-refractivity contribution in [2.24, 2.45) is 0 Å². The van der Waals surface area contributed by atoms with Gasteiger partial charge in [0.2, 0.25) is 0 Å². The molecular weight excluding hydrogens is 399 g/mol. The van der Waals surface area contributed by atoms with E-state index in [-0.39, 0.29) is 40.5 Å². The van der Waals surface area contributed by atoms with Gasteiger partial charge < -0.3 is 0 Å². The number of rotatable bonds is 2. The van der Waals surface area contributed by atoms with E-state index in [0.717, 1.165) is 0 Å². The topological polar surface area (TPSA) is 109 Å². The molecule has 9 heteroatoms. The third kappa shape index (κ3) is 4.75. The molecule has 2 aromatic carbocycles. The monoisotopic (exact) mass is 424 g/mol. The molecule has 0 amide bonds. The van der Waals surface area contributed by atoms with Gasteiger partial charge in [0, 0.05) is 5.39 Å². The summed E-state index contributed by atoms with van der Waals surface area (Å²) < 4.78 is 68.5. The van der Waals surface area contributed by atoms with Gasteiger partial charge in [-0.2, -0.15) is 16.8 Å². The average molecular weight is 425 g/mol. The molecule has 0 spiro atoms. The van der Waals surface area contributed by atoms with Crippen LogP contribution in [-0.2, 0) is 31.1 Å². The minimum absolute atomic E-state index is 0. The van der Waals surface area contributed by atoms with E-state index in [2.05, 4.69) is 0 Å². The molecule has 0 unspecified atom stereocenters. The fraction of sp³-hybridized carbons (Fsp3) is 0.444. The van der Waals surface area contributed by atoms with Crippen LogP contribution in [0.2, 0.25) is 0 Å². The van der Waals surface area contributed by atoms with Crippen molar-refractivity contribution in [2.45, 2.75) is 62.2 Å². The van der Waals surface area contributed by atoms with Gasteiger partial charge in [0.1, 0.15) is 9.79 Å². The Kier molecular flexibility index (Phi) is 6.74. The molecule has 6 nitrogen and oxygen atoms in total. The first-order chi connectivity index (χ1) is 11.5. The van der Waals surface area contributed by atoms with Crippen molar-refractivity contribution in [3.63, 3.8) is 0 Å². The van der Waals surface area contributed by atoms with Crippen LogP contribution in [0.5, 0.6) is 0 Å². The van der Waals surface area contributed by atoms with Gasteiger partial charge in [-0.25, -0.2) is 0 Å². The third-order valence-corrected chi connectivity index (χ3v) is 6.13. The summed E-state index contributed by atoms with van der Waals surface area (Å²) in [6.07, 6.45) is 0. The quantitative estimate of drug-likeness (QED) is 0.566. The van der Waals surface area contributed by atoms with Crippen molar-refractivity contribution in [1.82, 2.24) is 0 Å². The van der Waals surface area contributed by atoms with Crippen LogP contribution in [0.3, 0.4) is 0 Å². The van der Waals surface area contributed by atoms with E-state index in [1.165, 1.54) is 6.07 Å². The van der Waals surface area contributed by atoms with Crippen LogP contribution in [0, 0.1) is 0 Å². The summed E-state index contributed by atoms with van der Waals surface area (Å²) >= 11 is 0. The molecule has 0 aliphatic carbocycles. The van der Waals surface area contributed by atoms with Gasteiger partial charge >= 0.3 is 29.6 Å². The Morgan fingerprint density at radius 1 is 0.667 bits per heavy atom. The molecule has 0 saturated carbocycles. The fourth-order valence-corrected chi connectivity index (χ4v) is 5.81. The maximum absolute atomic E-state index is 12.3. The summed E-state index contributed by atoms with van der Waals surface area (Å²) in [5, 5.41) is 0.575. The van der Waals surface area contributed by atoms with E-state index < -0.39 is 40.9 Å². The van der Waals surface area contributed by atoms with Gasteiger partial charge in [-0.1, -0.05) is 65.8 Å². The number of fused-ring (bicyclic) bond motifs is 1. The molecule has 0 fully saturated rings. The molecule has 0 saturated heterocycles. The van der Waals surface area contributed by atoms with E-state index in [1.807, 2.05) is 20.8 Å². The Morgan fingerprint density at radius 2 is 1.04 bits per heavy atom. The Hall–Kier alpha value is -0.480. The van der Waals surface area contributed by atoms with Gasteiger partial charge in [0.15, 0.2) is 0 Å². The summed E-state index contributed by atoms with van der Waals surface area (Å²) in [6.45, 7) is 10.8. The van der Waals surface area contributed by atoms with Gasteiger partial charge in [-0.05, 0) is 27.3 Å². The third-order valence-electron chi connectivity index (χ3n) is 4.14. The first-order valence-corrected chi connectivity index (χ1v) is 10.9. The summed E-state index contributed by atoms with van der Waals surface area (Å²) in [7, 11) is -9.87. The average Bonchev–Trinajstić information content (AvgIpc) is 2.40. The predicted molar refractivity (Wildman–Crippen MR) is 108 cm³/mol. The molecule has 0 radical (unpaired) electrons. The van der Waals surface area contributed by atoms with Crippen LogP contribution >= 0.6 is 0 Å². The van der Waals surface area contributed by atoms with Gasteiger partial charge in [-0.3, -0.25) is 9.11 Å². The summed E-state index contributed by atoms with van der Waals surface area (Å²) in [4.78, 5) is -1.54. The van der Waals surface area contributed by atoms with Crippen LogP contribution in [0.15, 0.2) is 34.1 Å². The Balaban J connectivity index is 0.00000364. The molecule has 0 aromatic heterocycles. The molecule has 0 aliphatic heterocycles. The van der Waals surface area contributed by atoms with Crippen molar-refractivity contribution in [3.8, 4) is 0 Å². The van der Waals surface area contributed by atoms with Crippen LogP contribution < -0.4 is 0 Å². The second-order valence-corrected chi connectivity index (χ2v) is 11.1. The molecule has 0 bridgehead atoms. The molecule has 2 aromatic rings. The first kappa shape index (κ1) is 24.6. The van der Waals surface area contributed by atoms with Crippen LogP contribution in [0.4, 0.5) is 0 Å². The van der Waals surface area contributed by atoms with E-state index in [0.29, 0.717) is 10.9 Å². The number of benzene rings is 2. The molecule has 0 aliphatic rings. The molecule has 2 rings (SSSR count). The van der Waals surface area contributed by atoms with E-state index in [4.69, 9.17) is 0 Å². The van der Waals surface area contributed by atoms with Crippen LogP contribution in [-0.4, -0.2) is 55.5 Å². The first-order valence-electron chi connectivity index (χ1n) is 8.02. The van der Waals surface area contributed by atoms with Gasteiger partial charge in [-0.15, -0.1) is 0 Å². The molecule has 146 valence electrons. The Morgan fingerprint density at radius 3 is 1.37 bits per heavy atom. The summed E-state index contributed by atoms with van der Waals surface area (Å²) in [5.41, 5.74) is -0.587. The normalized spacial score (nSPS) is 13.5. The summed E-state index contributed by atoms with van der Waals surface area (Å²) in [6, 6.07) is 6.38. The zero-order valence-corrected chi connectivity index (χ0v) is 17.3. The molecule has 0 heterocycles. The van der Waals surface area contributed by atoms with Gasteiger partial charge in [0.05, 0.1) is 0 Å². The van der Waals surface area contributed by atoms with E-state index in [9.17, 15) is 25.9 Å². The zero-order valence-electron chi connectivity index (χ0n) is 15.7. The van der Waals surface area contributed by atoms with Crippen molar-refractivity contribution >= 4 is 60.6 Å². The standard InChI is InChI=1S/C18H24O6S2.Na.H/c1-17(2,3)13-11-9-7-8-10-12(11)15(25(19,20)21)16(26(22,23)24)14(13)18(4,5)6;;/h7-10H,1-6H3,(H,19,20,21)(H,22,23,24);;. The van der Waals surface area contributed by atoms with Crippen molar-refractivity contribution in [2.75, 3.05) is 0 Å². The number of hydrogen-bond donors (Lipinski definition) is 2. The maximum atomic E-state index is 12.3.